The Hall–Kier alpha value is -1.28. The highest BCUT2D eigenvalue weighted by molar-refractivity contribution is 7.90. The molecule has 0 aliphatic heterocycles. The number of hydrogen-bond acceptors (Lipinski definition) is 4. The van der Waals surface area contributed by atoms with E-state index in [4.69, 9.17) is 5.73 Å². The molecule has 114 valence electrons. The summed E-state index contributed by atoms with van der Waals surface area (Å²) in [6, 6.07) is 3.61. The zero-order valence-electron chi connectivity index (χ0n) is 11.2. The van der Waals surface area contributed by atoms with Crippen LogP contribution < -0.4 is 10.6 Å². The lowest BCUT2D eigenvalue weighted by Gasteiger charge is -2.21. The lowest BCUT2D eigenvalue weighted by atomic mass is 10.1. The minimum Gasteiger partial charge on any atom is -0.374 e. The Labute approximate surface area is 116 Å². The second-order valence-electron chi connectivity index (χ2n) is 4.59. The van der Waals surface area contributed by atoms with Gasteiger partial charge in [-0.3, -0.25) is 0 Å². The van der Waals surface area contributed by atoms with Crippen molar-refractivity contribution in [2.45, 2.75) is 12.7 Å². The number of nitrogens with two attached hydrogens (primary N) is 1. The Balaban J connectivity index is 2.98. The van der Waals surface area contributed by atoms with Crippen LogP contribution in [0.4, 0.5) is 18.9 Å². The molecule has 0 atom stereocenters. The molecule has 1 rings (SSSR count). The zero-order valence-corrected chi connectivity index (χ0v) is 12.1. The first kappa shape index (κ1) is 16.8. The van der Waals surface area contributed by atoms with Gasteiger partial charge in [-0.2, -0.15) is 13.2 Å². The molecule has 0 aromatic heterocycles. The number of halogens is 3. The highest BCUT2D eigenvalue weighted by atomic mass is 32.2. The third-order valence-electron chi connectivity index (χ3n) is 2.85. The van der Waals surface area contributed by atoms with Crippen LogP contribution in [0, 0.1) is 0 Å². The topological polar surface area (TPSA) is 63.4 Å². The molecule has 4 nitrogen and oxygen atoms in total. The fraction of sp³-hybridized carbons (Fsp3) is 0.500. The van der Waals surface area contributed by atoms with Crippen LogP contribution in [0.1, 0.15) is 11.1 Å². The van der Waals surface area contributed by atoms with Crippen molar-refractivity contribution in [2.24, 2.45) is 5.73 Å². The number of hydrogen-bond donors (Lipinski definition) is 1. The number of sulfone groups is 1. The van der Waals surface area contributed by atoms with E-state index >= 15 is 0 Å². The maximum atomic E-state index is 12.7. The predicted octanol–water partition coefficient (Wildman–Crippen LogP) is 1.64. The van der Waals surface area contributed by atoms with Gasteiger partial charge in [-0.25, -0.2) is 8.42 Å². The largest absolute Gasteiger partial charge is 0.416 e. The molecule has 0 saturated carbocycles. The summed E-state index contributed by atoms with van der Waals surface area (Å²) in [5, 5.41) is 0. The summed E-state index contributed by atoms with van der Waals surface area (Å²) in [7, 11) is -1.50. The third kappa shape index (κ3) is 4.68. The van der Waals surface area contributed by atoms with Gasteiger partial charge in [0.2, 0.25) is 0 Å². The first-order valence-electron chi connectivity index (χ1n) is 5.83. The van der Waals surface area contributed by atoms with Crippen molar-refractivity contribution in [1.82, 2.24) is 0 Å². The maximum absolute atomic E-state index is 12.7. The number of nitrogens with zero attached hydrogens (tertiary/aromatic N) is 1. The summed E-state index contributed by atoms with van der Waals surface area (Å²) >= 11 is 0. The highest BCUT2D eigenvalue weighted by Crippen LogP contribution is 2.33. The van der Waals surface area contributed by atoms with Gasteiger partial charge in [0.05, 0.1) is 11.3 Å². The van der Waals surface area contributed by atoms with E-state index in [0.717, 1.165) is 12.3 Å². The molecule has 20 heavy (non-hydrogen) atoms. The summed E-state index contributed by atoms with van der Waals surface area (Å²) in [6.45, 7) is -0.0309. The Bertz CT molecular complexity index is 571. The second-order valence-corrected chi connectivity index (χ2v) is 6.85. The van der Waals surface area contributed by atoms with Crippen LogP contribution in [0.25, 0.3) is 0 Å². The van der Waals surface area contributed by atoms with E-state index in [1.165, 1.54) is 12.1 Å². The molecule has 8 heteroatoms. The molecule has 0 aliphatic carbocycles. The van der Waals surface area contributed by atoms with Crippen LogP contribution in [0.5, 0.6) is 0 Å². The number of rotatable bonds is 5. The summed E-state index contributed by atoms with van der Waals surface area (Å²) in [5.41, 5.74) is 5.07. The average molecular weight is 310 g/mol. The van der Waals surface area contributed by atoms with E-state index in [-0.39, 0.29) is 24.4 Å². The van der Waals surface area contributed by atoms with Crippen molar-refractivity contribution in [2.75, 3.05) is 30.5 Å². The molecule has 0 heterocycles. The van der Waals surface area contributed by atoms with Gasteiger partial charge in [0.25, 0.3) is 0 Å². The Morgan fingerprint density at radius 2 is 1.90 bits per heavy atom. The molecular weight excluding hydrogens is 293 g/mol. The molecular formula is C12H17F3N2O2S. The average Bonchev–Trinajstić information content (AvgIpc) is 2.33. The standard InChI is InChI=1S/C12H17F3N2O2S/c1-17(5-6-20(2,18)19)10-3-4-11(12(13,14)15)9(7-10)8-16/h3-4,7H,5-6,8,16H2,1-2H3. The molecule has 0 radical (unpaired) electrons. The zero-order chi connectivity index (χ0) is 15.6. The van der Waals surface area contributed by atoms with Crippen molar-refractivity contribution in [3.8, 4) is 0 Å². The van der Waals surface area contributed by atoms with Crippen molar-refractivity contribution in [1.29, 1.82) is 0 Å². The van der Waals surface area contributed by atoms with E-state index in [0.29, 0.717) is 5.69 Å². The quantitative estimate of drug-likeness (QED) is 0.898. The van der Waals surface area contributed by atoms with Crippen molar-refractivity contribution >= 4 is 15.5 Å². The molecule has 1 aromatic rings. The van der Waals surface area contributed by atoms with Gasteiger partial charge < -0.3 is 10.6 Å². The van der Waals surface area contributed by atoms with Crippen LogP contribution in [0.2, 0.25) is 0 Å². The van der Waals surface area contributed by atoms with E-state index < -0.39 is 21.6 Å². The molecule has 0 bridgehead atoms. The third-order valence-corrected chi connectivity index (χ3v) is 3.78. The van der Waals surface area contributed by atoms with Crippen molar-refractivity contribution in [3.63, 3.8) is 0 Å². The smallest absolute Gasteiger partial charge is 0.374 e. The summed E-state index contributed by atoms with van der Waals surface area (Å²) in [4.78, 5) is 1.58. The molecule has 1 aromatic carbocycles. The molecule has 0 aliphatic rings. The monoisotopic (exact) mass is 310 g/mol. The van der Waals surface area contributed by atoms with Crippen LogP contribution in [0.15, 0.2) is 18.2 Å². The van der Waals surface area contributed by atoms with Gasteiger partial charge in [-0.1, -0.05) is 0 Å². The van der Waals surface area contributed by atoms with E-state index in [2.05, 4.69) is 0 Å². The first-order valence-corrected chi connectivity index (χ1v) is 7.89. The molecule has 0 spiro atoms. The van der Waals surface area contributed by atoms with Crippen LogP contribution >= 0.6 is 0 Å². The maximum Gasteiger partial charge on any atom is 0.416 e. The number of alkyl halides is 3. The van der Waals surface area contributed by atoms with Gasteiger partial charge >= 0.3 is 6.18 Å². The predicted molar refractivity (Wildman–Crippen MR) is 72.3 cm³/mol. The van der Waals surface area contributed by atoms with Crippen LogP contribution in [-0.4, -0.2) is 34.0 Å². The highest BCUT2D eigenvalue weighted by Gasteiger charge is 2.33. The lowest BCUT2D eigenvalue weighted by Crippen LogP contribution is -2.25. The van der Waals surface area contributed by atoms with Gasteiger partial charge in [-0.15, -0.1) is 0 Å². The molecule has 0 fully saturated rings. The fourth-order valence-electron chi connectivity index (χ4n) is 1.69. The molecule has 0 saturated heterocycles. The van der Waals surface area contributed by atoms with Gasteiger partial charge in [0, 0.05) is 32.1 Å². The van der Waals surface area contributed by atoms with E-state index in [1.807, 2.05) is 0 Å². The fourth-order valence-corrected chi connectivity index (χ4v) is 2.30. The summed E-state index contributed by atoms with van der Waals surface area (Å²) in [6.07, 6.45) is -3.34. The lowest BCUT2D eigenvalue weighted by molar-refractivity contribution is -0.138. The van der Waals surface area contributed by atoms with Crippen molar-refractivity contribution < 1.29 is 21.6 Å². The van der Waals surface area contributed by atoms with E-state index in [9.17, 15) is 21.6 Å². The van der Waals surface area contributed by atoms with Crippen LogP contribution in [0.3, 0.4) is 0 Å². The summed E-state index contributed by atoms with van der Waals surface area (Å²) in [5.74, 6) is -0.0670. The summed E-state index contributed by atoms with van der Waals surface area (Å²) < 4.78 is 60.3. The van der Waals surface area contributed by atoms with Gasteiger partial charge in [0.15, 0.2) is 0 Å². The normalized spacial score (nSPS) is 12.5. The Kier molecular flexibility index (Phi) is 5.04. The Morgan fingerprint density at radius 3 is 2.35 bits per heavy atom. The molecule has 2 N–H and O–H groups in total. The van der Waals surface area contributed by atoms with E-state index in [1.54, 1.807) is 11.9 Å². The molecule has 0 unspecified atom stereocenters. The molecule has 0 amide bonds. The SMILES string of the molecule is CN(CCS(C)(=O)=O)c1ccc(C(F)(F)F)c(CN)c1. The minimum atomic E-state index is -4.45. The number of benzene rings is 1. The Morgan fingerprint density at radius 1 is 1.30 bits per heavy atom. The second kappa shape index (κ2) is 6.01. The number of anilines is 1. The first-order chi connectivity index (χ1) is 9.04. The van der Waals surface area contributed by atoms with Gasteiger partial charge in [0.1, 0.15) is 9.84 Å². The van der Waals surface area contributed by atoms with Gasteiger partial charge in [-0.05, 0) is 23.8 Å². The van der Waals surface area contributed by atoms with Crippen LogP contribution in [-0.2, 0) is 22.6 Å². The minimum absolute atomic E-state index is 0.0128. The van der Waals surface area contributed by atoms with Crippen molar-refractivity contribution in [3.05, 3.63) is 29.3 Å².